The average molecular weight is 682 g/mol. The highest BCUT2D eigenvalue weighted by atomic mass is 16.3. The monoisotopic (exact) mass is 682 g/mol. The van der Waals surface area contributed by atoms with Gasteiger partial charge < -0.3 is 15.5 Å². The van der Waals surface area contributed by atoms with Gasteiger partial charge >= 0.3 is 0 Å². The van der Waals surface area contributed by atoms with Gasteiger partial charge in [-0.25, -0.2) is 0 Å². The van der Waals surface area contributed by atoms with Crippen LogP contribution < -0.4 is 5.32 Å². The number of aliphatic hydroxyl groups is 2. The molecule has 0 fully saturated rings. The number of rotatable bonds is 36. The molecule has 2 atom stereocenters. The van der Waals surface area contributed by atoms with Crippen LogP contribution in [0.2, 0.25) is 0 Å². The number of aliphatic hydroxyl groups excluding tert-OH is 2. The molecular formula is C45H79NO3. The first-order valence-electron chi connectivity index (χ1n) is 20.6. The summed E-state index contributed by atoms with van der Waals surface area (Å²) in [4.78, 5) is 12.4. The second-order valence-electron chi connectivity index (χ2n) is 13.7. The number of carbonyl (C=O) groups is 1. The van der Waals surface area contributed by atoms with Crippen molar-refractivity contribution < 1.29 is 15.0 Å². The molecule has 0 aromatic heterocycles. The predicted octanol–water partition coefficient (Wildman–Crippen LogP) is 12.7. The Labute approximate surface area is 304 Å². The molecule has 0 saturated carbocycles. The third-order valence-electron chi connectivity index (χ3n) is 8.98. The van der Waals surface area contributed by atoms with Crippen molar-refractivity contribution in [1.29, 1.82) is 0 Å². The van der Waals surface area contributed by atoms with E-state index in [0.29, 0.717) is 12.8 Å². The molecule has 0 rings (SSSR count). The Morgan fingerprint density at radius 3 is 1.35 bits per heavy atom. The van der Waals surface area contributed by atoms with Crippen LogP contribution in [0.4, 0.5) is 0 Å². The van der Waals surface area contributed by atoms with Crippen molar-refractivity contribution >= 4 is 5.91 Å². The van der Waals surface area contributed by atoms with Gasteiger partial charge in [0.25, 0.3) is 0 Å². The van der Waals surface area contributed by atoms with Crippen LogP contribution in [-0.2, 0) is 4.79 Å². The van der Waals surface area contributed by atoms with Gasteiger partial charge in [-0.15, -0.1) is 0 Å². The topological polar surface area (TPSA) is 69.6 Å². The van der Waals surface area contributed by atoms with Gasteiger partial charge in [0.15, 0.2) is 0 Å². The highest BCUT2D eigenvalue weighted by Crippen LogP contribution is 2.15. The lowest BCUT2D eigenvalue weighted by Crippen LogP contribution is -2.45. The molecule has 0 spiro atoms. The molecule has 4 nitrogen and oxygen atoms in total. The third kappa shape index (κ3) is 36.9. The molecule has 3 N–H and O–H groups in total. The Bertz CT molecular complexity index is 868. The molecule has 49 heavy (non-hydrogen) atoms. The van der Waals surface area contributed by atoms with E-state index in [1.165, 1.54) is 77.0 Å². The maximum Gasteiger partial charge on any atom is 0.220 e. The minimum Gasteiger partial charge on any atom is -0.394 e. The highest BCUT2D eigenvalue weighted by molar-refractivity contribution is 5.76. The fourth-order valence-corrected chi connectivity index (χ4v) is 5.83. The molecule has 0 heterocycles. The van der Waals surface area contributed by atoms with E-state index in [4.69, 9.17) is 0 Å². The summed E-state index contributed by atoms with van der Waals surface area (Å²) in [5.74, 6) is -0.0592. The molecule has 2 unspecified atom stereocenters. The van der Waals surface area contributed by atoms with Crippen LogP contribution in [0.15, 0.2) is 72.9 Å². The molecule has 1 amide bonds. The van der Waals surface area contributed by atoms with E-state index < -0.39 is 12.1 Å². The van der Waals surface area contributed by atoms with Crippen LogP contribution in [0.1, 0.15) is 187 Å². The summed E-state index contributed by atoms with van der Waals surface area (Å²) in [6.07, 6.45) is 56.8. The lowest BCUT2D eigenvalue weighted by molar-refractivity contribution is -0.123. The molecule has 0 saturated heterocycles. The van der Waals surface area contributed by atoms with E-state index in [1.54, 1.807) is 0 Å². The van der Waals surface area contributed by atoms with E-state index in [9.17, 15) is 15.0 Å². The van der Waals surface area contributed by atoms with Crippen molar-refractivity contribution in [2.45, 2.75) is 199 Å². The van der Waals surface area contributed by atoms with Crippen molar-refractivity contribution in [2.75, 3.05) is 6.61 Å². The Balaban J connectivity index is 3.66. The van der Waals surface area contributed by atoms with E-state index in [0.717, 1.165) is 83.5 Å². The zero-order valence-electron chi connectivity index (χ0n) is 32.2. The first kappa shape index (κ1) is 46.8. The predicted molar refractivity (Wildman–Crippen MR) is 216 cm³/mol. The summed E-state index contributed by atoms with van der Waals surface area (Å²) in [5, 5.41) is 23.1. The second-order valence-corrected chi connectivity index (χ2v) is 13.7. The lowest BCUT2D eigenvalue weighted by Gasteiger charge is -2.22. The third-order valence-corrected chi connectivity index (χ3v) is 8.98. The SMILES string of the molecule is CC/C=C\C/C=C\C/C=C\C/C=C\C/C=C\C/C=C\CCCCCCC(=O)NC(CO)C(O)CCCCCCCCCCCCCCCC. The summed E-state index contributed by atoms with van der Waals surface area (Å²) in [5.41, 5.74) is 0. The van der Waals surface area contributed by atoms with Crippen molar-refractivity contribution in [3.63, 3.8) is 0 Å². The molecule has 0 bridgehead atoms. The largest absolute Gasteiger partial charge is 0.394 e. The molecule has 0 radical (unpaired) electrons. The summed E-state index contributed by atoms with van der Waals surface area (Å²) >= 11 is 0. The molecule has 4 heteroatoms. The quantitative estimate of drug-likeness (QED) is 0.0455. The van der Waals surface area contributed by atoms with Crippen molar-refractivity contribution in [3.8, 4) is 0 Å². The van der Waals surface area contributed by atoms with Crippen molar-refractivity contribution in [2.24, 2.45) is 0 Å². The number of nitrogens with one attached hydrogen (secondary N) is 1. The van der Waals surface area contributed by atoms with Gasteiger partial charge in [-0.05, 0) is 64.2 Å². The number of unbranched alkanes of at least 4 members (excludes halogenated alkanes) is 17. The van der Waals surface area contributed by atoms with Gasteiger partial charge in [-0.1, -0.05) is 189 Å². The zero-order chi connectivity index (χ0) is 35.7. The summed E-state index contributed by atoms with van der Waals surface area (Å²) in [6, 6.07) is -0.553. The Kier molecular flexibility index (Phi) is 38.5. The Morgan fingerprint density at radius 2 is 0.898 bits per heavy atom. The molecule has 0 aromatic carbocycles. The molecule has 282 valence electrons. The first-order valence-corrected chi connectivity index (χ1v) is 20.6. The van der Waals surface area contributed by atoms with Gasteiger partial charge in [-0.3, -0.25) is 4.79 Å². The second kappa shape index (κ2) is 40.3. The maximum atomic E-state index is 12.4. The standard InChI is InChI=1S/C45H79NO3/c1-3-5-7-9-11-13-15-17-19-20-21-22-23-24-25-26-27-29-31-33-35-37-39-41-45(49)46-43(42-47)44(48)40-38-36-34-32-30-28-18-16-14-12-10-8-6-4-2/h5,7,11,13,17,19,21-22,24-25,27,29,43-44,47-48H,3-4,6,8-10,12,14-16,18,20,23,26,28,30-42H2,1-2H3,(H,46,49)/b7-5-,13-11-,19-17-,22-21-,25-24-,29-27-. The average Bonchev–Trinajstić information content (AvgIpc) is 3.10. The minimum absolute atomic E-state index is 0.0592. The Morgan fingerprint density at radius 1 is 0.510 bits per heavy atom. The van der Waals surface area contributed by atoms with Crippen LogP contribution >= 0.6 is 0 Å². The number of amides is 1. The Hall–Kier alpha value is -2.17. The van der Waals surface area contributed by atoms with Gasteiger partial charge in [0, 0.05) is 6.42 Å². The van der Waals surface area contributed by atoms with E-state index in [-0.39, 0.29) is 12.5 Å². The summed E-state index contributed by atoms with van der Waals surface area (Å²) in [7, 11) is 0. The van der Waals surface area contributed by atoms with Crippen LogP contribution in [0, 0.1) is 0 Å². The fraction of sp³-hybridized carbons (Fsp3) is 0.711. The molecule has 0 aliphatic carbocycles. The zero-order valence-corrected chi connectivity index (χ0v) is 32.2. The lowest BCUT2D eigenvalue weighted by atomic mass is 10.0. The van der Waals surface area contributed by atoms with Crippen LogP contribution in [0.5, 0.6) is 0 Å². The molecule has 0 aliphatic rings. The fourth-order valence-electron chi connectivity index (χ4n) is 5.83. The number of allylic oxidation sites excluding steroid dienone is 12. The number of hydrogen-bond donors (Lipinski definition) is 3. The number of carbonyl (C=O) groups excluding carboxylic acids is 1. The van der Waals surface area contributed by atoms with Gasteiger partial charge in [0.1, 0.15) is 0 Å². The molecular weight excluding hydrogens is 602 g/mol. The van der Waals surface area contributed by atoms with Crippen LogP contribution in [-0.4, -0.2) is 34.9 Å². The van der Waals surface area contributed by atoms with Gasteiger partial charge in [0.05, 0.1) is 18.8 Å². The normalized spacial score (nSPS) is 13.8. The molecule has 0 aromatic rings. The smallest absolute Gasteiger partial charge is 0.220 e. The van der Waals surface area contributed by atoms with Crippen LogP contribution in [0.3, 0.4) is 0 Å². The maximum absolute atomic E-state index is 12.4. The highest BCUT2D eigenvalue weighted by Gasteiger charge is 2.19. The van der Waals surface area contributed by atoms with E-state index in [2.05, 4.69) is 92.1 Å². The van der Waals surface area contributed by atoms with Crippen molar-refractivity contribution in [1.82, 2.24) is 5.32 Å². The van der Waals surface area contributed by atoms with Gasteiger partial charge in [-0.2, -0.15) is 0 Å². The van der Waals surface area contributed by atoms with Gasteiger partial charge in [0.2, 0.25) is 5.91 Å². The molecule has 0 aliphatic heterocycles. The van der Waals surface area contributed by atoms with Crippen molar-refractivity contribution in [3.05, 3.63) is 72.9 Å². The first-order chi connectivity index (χ1) is 24.2. The van der Waals surface area contributed by atoms with E-state index in [1.807, 2.05) is 0 Å². The van der Waals surface area contributed by atoms with E-state index >= 15 is 0 Å². The summed E-state index contributed by atoms with van der Waals surface area (Å²) < 4.78 is 0. The number of hydrogen-bond acceptors (Lipinski definition) is 3. The summed E-state index contributed by atoms with van der Waals surface area (Å²) in [6.45, 7) is 4.22. The van der Waals surface area contributed by atoms with Crippen LogP contribution in [0.25, 0.3) is 0 Å². The minimum atomic E-state index is -0.673.